The van der Waals surface area contributed by atoms with Gasteiger partial charge in [0, 0.05) is 27.7 Å². The van der Waals surface area contributed by atoms with Gasteiger partial charge in [-0.3, -0.25) is 10.1 Å². The number of thiazole rings is 1. The molecule has 0 radical (unpaired) electrons. The molecule has 2 aromatic rings. The third-order valence-electron chi connectivity index (χ3n) is 2.55. The summed E-state index contributed by atoms with van der Waals surface area (Å²) in [5.41, 5.74) is 1.29. The highest BCUT2D eigenvalue weighted by Crippen LogP contribution is 2.21. The molecule has 108 valence electrons. The van der Waals surface area contributed by atoms with Crippen molar-refractivity contribution in [3.8, 4) is 0 Å². The lowest BCUT2D eigenvalue weighted by molar-refractivity contribution is -0.131. The van der Waals surface area contributed by atoms with Crippen LogP contribution in [-0.4, -0.2) is 22.0 Å². The molecule has 0 fully saturated rings. The third kappa shape index (κ3) is 4.14. The van der Waals surface area contributed by atoms with Gasteiger partial charge in [0.05, 0.1) is 0 Å². The average Bonchev–Trinajstić information content (AvgIpc) is 2.87. The van der Waals surface area contributed by atoms with Crippen LogP contribution in [0.3, 0.4) is 0 Å². The second-order valence-electron chi connectivity index (χ2n) is 4.16. The Hall–Kier alpha value is -2.18. The highest BCUT2D eigenvalue weighted by Gasteiger charge is 2.09. The number of carbonyl (C=O) groups excluding carboxylic acids is 1. The number of aliphatic carboxylic acids is 1. The van der Waals surface area contributed by atoms with Crippen molar-refractivity contribution < 1.29 is 14.7 Å². The largest absolute Gasteiger partial charge is 0.478 e. The Morgan fingerprint density at radius 3 is 2.86 bits per heavy atom. The number of benzene rings is 1. The van der Waals surface area contributed by atoms with Crippen LogP contribution < -0.4 is 5.32 Å². The molecular weight excluding hydrogens is 312 g/mol. The number of rotatable bonds is 4. The second kappa shape index (κ2) is 6.51. The molecule has 0 aliphatic carbocycles. The molecule has 0 saturated carbocycles. The van der Waals surface area contributed by atoms with Gasteiger partial charge in [0.1, 0.15) is 0 Å². The van der Waals surface area contributed by atoms with Crippen LogP contribution in [0.2, 0.25) is 5.02 Å². The van der Waals surface area contributed by atoms with E-state index in [1.165, 1.54) is 23.6 Å². The maximum absolute atomic E-state index is 12.1. The van der Waals surface area contributed by atoms with Crippen molar-refractivity contribution in [2.75, 3.05) is 5.32 Å². The standard InChI is InChI=1S/C14H11ClN2O3S/c1-8-6-9(2-4-11(8)15)13(20)17-14-16-7-10(21-14)3-5-12(18)19/h2-7H,1H3,(H,18,19)(H,16,17,20)/b5-3+. The molecule has 0 aliphatic rings. The lowest BCUT2D eigenvalue weighted by Gasteiger charge is -2.03. The summed E-state index contributed by atoms with van der Waals surface area (Å²) in [5.74, 6) is -1.33. The molecule has 5 nitrogen and oxygen atoms in total. The summed E-state index contributed by atoms with van der Waals surface area (Å²) in [6.45, 7) is 1.82. The van der Waals surface area contributed by atoms with Gasteiger partial charge in [-0.25, -0.2) is 9.78 Å². The summed E-state index contributed by atoms with van der Waals surface area (Å²) in [6, 6.07) is 4.98. The molecule has 21 heavy (non-hydrogen) atoms. The van der Waals surface area contributed by atoms with Crippen molar-refractivity contribution in [3.63, 3.8) is 0 Å². The Morgan fingerprint density at radius 1 is 1.43 bits per heavy atom. The molecule has 1 aromatic carbocycles. The van der Waals surface area contributed by atoms with Crippen molar-refractivity contribution in [1.29, 1.82) is 0 Å². The fraction of sp³-hybridized carbons (Fsp3) is 0.0714. The Labute approximate surface area is 129 Å². The average molecular weight is 323 g/mol. The molecule has 0 atom stereocenters. The summed E-state index contributed by atoms with van der Waals surface area (Å²) in [5, 5.41) is 12.2. The number of anilines is 1. The molecule has 1 heterocycles. The second-order valence-corrected chi connectivity index (χ2v) is 5.63. The van der Waals surface area contributed by atoms with Gasteiger partial charge in [-0.05, 0) is 36.8 Å². The van der Waals surface area contributed by atoms with E-state index in [4.69, 9.17) is 16.7 Å². The topological polar surface area (TPSA) is 79.3 Å². The zero-order chi connectivity index (χ0) is 15.4. The number of carbonyl (C=O) groups is 2. The Bertz CT molecular complexity index is 725. The van der Waals surface area contributed by atoms with Gasteiger partial charge in [0.2, 0.25) is 0 Å². The predicted octanol–water partition coefficient (Wildman–Crippen LogP) is 3.46. The Balaban J connectivity index is 2.09. The van der Waals surface area contributed by atoms with Crippen molar-refractivity contribution in [2.45, 2.75) is 6.92 Å². The van der Waals surface area contributed by atoms with Gasteiger partial charge in [0.15, 0.2) is 5.13 Å². The normalized spacial score (nSPS) is 10.8. The molecule has 2 N–H and O–H groups in total. The van der Waals surface area contributed by atoms with E-state index in [-0.39, 0.29) is 5.91 Å². The first kappa shape index (κ1) is 15.2. The van der Waals surface area contributed by atoms with E-state index in [0.717, 1.165) is 11.6 Å². The maximum Gasteiger partial charge on any atom is 0.328 e. The van der Waals surface area contributed by atoms with E-state index >= 15 is 0 Å². The number of aryl methyl sites for hydroxylation is 1. The monoisotopic (exact) mass is 322 g/mol. The molecule has 0 bridgehead atoms. The number of amides is 1. The van der Waals surface area contributed by atoms with Gasteiger partial charge in [-0.1, -0.05) is 22.9 Å². The predicted molar refractivity (Wildman–Crippen MR) is 82.9 cm³/mol. The lowest BCUT2D eigenvalue weighted by atomic mass is 10.1. The maximum atomic E-state index is 12.1. The smallest absolute Gasteiger partial charge is 0.328 e. The summed E-state index contributed by atoms with van der Waals surface area (Å²) in [6.07, 6.45) is 3.93. The van der Waals surface area contributed by atoms with Crippen molar-refractivity contribution in [1.82, 2.24) is 4.98 Å². The minimum Gasteiger partial charge on any atom is -0.478 e. The summed E-state index contributed by atoms with van der Waals surface area (Å²) >= 11 is 7.10. The summed E-state index contributed by atoms with van der Waals surface area (Å²) in [4.78, 5) is 27.1. The SMILES string of the molecule is Cc1cc(C(=O)Nc2ncc(/C=C/C(=O)O)s2)ccc1Cl. The number of carboxylic acid groups (broad SMARTS) is 1. The highest BCUT2D eigenvalue weighted by atomic mass is 35.5. The van der Waals surface area contributed by atoms with Gasteiger partial charge in [0.25, 0.3) is 5.91 Å². The number of hydrogen-bond donors (Lipinski definition) is 2. The van der Waals surface area contributed by atoms with Gasteiger partial charge in [-0.15, -0.1) is 0 Å². The third-order valence-corrected chi connectivity index (χ3v) is 3.86. The molecule has 0 aliphatic heterocycles. The number of aromatic nitrogens is 1. The first-order chi connectivity index (χ1) is 9.95. The lowest BCUT2D eigenvalue weighted by Crippen LogP contribution is -2.11. The molecule has 1 amide bonds. The van der Waals surface area contributed by atoms with Crippen molar-refractivity contribution >= 4 is 46.0 Å². The zero-order valence-electron chi connectivity index (χ0n) is 11.0. The molecule has 0 saturated heterocycles. The number of halogens is 1. The number of nitrogens with one attached hydrogen (secondary N) is 1. The zero-order valence-corrected chi connectivity index (χ0v) is 12.5. The van der Waals surface area contributed by atoms with Crippen molar-refractivity contribution in [3.05, 3.63) is 51.5 Å². The molecular formula is C14H11ClN2O3S. The number of hydrogen-bond acceptors (Lipinski definition) is 4. The fourth-order valence-electron chi connectivity index (χ4n) is 1.53. The molecule has 0 spiro atoms. The number of carboxylic acids is 1. The van der Waals surface area contributed by atoms with Gasteiger partial charge < -0.3 is 5.11 Å². The van der Waals surface area contributed by atoms with Crippen LogP contribution in [-0.2, 0) is 4.79 Å². The first-order valence-electron chi connectivity index (χ1n) is 5.90. The number of nitrogens with zero attached hydrogens (tertiary/aromatic N) is 1. The van der Waals surface area contributed by atoms with E-state index in [1.54, 1.807) is 18.2 Å². The summed E-state index contributed by atoms with van der Waals surface area (Å²) < 4.78 is 0. The van der Waals surface area contributed by atoms with Crippen LogP contribution in [0.1, 0.15) is 20.8 Å². The van der Waals surface area contributed by atoms with Crippen LogP contribution in [0, 0.1) is 6.92 Å². The summed E-state index contributed by atoms with van der Waals surface area (Å²) in [7, 11) is 0. The van der Waals surface area contributed by atoms with E-state index < -0.39 is 5.97 Å². The Morgan fingerprint density at radius 2 is 2.19 bits per heavy atom. The van der Waals surface area contributed by atoms with E-state index in [0.29, 0.717) is 20.6 Å². The van der Waals surface area contributed by atoms with Crippen LogP contribution in [0.25, 0.3) is 6.08 Å². The van der Waals surface area contributed by atoms with Gasteiger partial charge >= 0.3 is 5.97 Å². The Kier molecular flexibility index (Phi) is 4.72. The van der Waals surface area contributed by atoms with E-state index in [9.17, 15) is 9.59 Å². The highest BCUT2D eigenvalue weighted by molar-refractivity contribution is 7.16. The van der Waals surface area contributed by atoms with Crippen LogP contribution in [0.15, 0.2) is 30.5 Å². The van der Waals surface area contributed by atoms with Crippen LogP contribution >= 0.6 is 22.9 Å². The van der Waals surface area contributed by atoms with E-state index in [2.05, 4.69) is 10.3 Å². The van der Waals surface area contributed by atoms with Crippen LogP contribution in [0.5, 0.6) is 0 Å². The molecule has 0 unspecified atom stereocenters. The first-order valence-corrected chi connectivity index (χ1v) is 7.09. The molecule has 2 rings (SSSR count). The fourth-order valence-corrected chi connectivity index (χ4v) is 2.36. The molecule has 1 aromatic heterocycles. The quantitative estimate of drug-likeness (QED) is 0.845. The van der Waals surface area contributed by atoms with Crippen LogP contribution in [0.4, 0.5) is 5.13 Å². The van der Waals surface area contributed by atoms with Crippen molar-refractivity contribution in [2.24, 2.45) is 0 Å². The molecule has 7 heteroatoms. The minimum atomic E-state index is -1.04. The van der Waals surface area contributed by atoms with Gasteiger partial charge in [-0.2, -0.15) is 0 Å². The van der Waals surface area contributed by atoms with E-state index in [1.807, 2.05) is 6.92 Å². The minimum absolute atomic E-state index is 0.294.